The summed E-state index contributed by atoms with van der Waals surface area (Å²) in [6.45, 7) is 0.560. The minimum atomic E-state index is -0.885. The van der Waals surface area contributed by atoms with E-state index in [2.05, 4.69) is 22.8 Å². The maximum atomic E-state index is 12.5. The number of hydrogen-bond donors (Lipinski definition) is 3. The van der Waals surface area contributed by atoms with Gasteiger partial charge >= 0.3 is 12.1 Å². The number of carbonyl (C=O) groups is 3. The standard InChI is InChI=1S/C25H30N2O6/c1-32-16-22(24(30)26-14-8-2-3-13-23(28)29)27-25(31)33-15-21-19-11-6-4-9-17(19)18-10-5-7-12-20(18)21/h4-7,9-12,21-22H,2-3,8,13-16H2,1H3,(H,26,30)(H,27,31)(H,28,29)/t22-/m0/s1. The molecule has 2 aromatic rings. The molecule has 0 spiro atoms. The van der Waals surface area contributed by atoms with Crippen LogP contribution in [0.15, 0.2) is 48.5 Å². The predicted octanol–water partition coefficient (Wildman–Crippen LogP) is 3.30. The molecule has 1 aliphatic rings. The number of amides is 2. The summed E-state index contributed by atoms with van der Waals surface area (Å²) in [4.78, 5) is 35.4. The molecule has 1 atom stereocenters. The van der Waals surface area contributed by atoms with Crippen LogP contribution in [-0.2, 0) is 19.1 Å². The van der Waals surface area contributed by atoms with Crippen LogP contribution in [0.5, 0.6) is 0 Å². The smallest absolute Gasteiger partial charge is 0.407 e. The van der Waals surface area contributed by atoms with Crippen LogP contribution in [-0.4, -0.2) is 56.0 Å². The van der Waals surface area contributed by atoms with Gasteiger partial charge in [-0.2, -0.15) is 0 Å². The van der Waals surface area contributed by atoms with Gasteiger partial charge in [0.05, 0.1) is 6.61 Å². The zero-order valence-electron chi connectivity index (χ0n) is 18.7. The van der Waals surface area contributed by atoms with Crippen LogP contribution in [0.25, 0.3) is 11.1 Å². The summed E-state index contributed by atoms with van der Waals surface area (Å²) in [6.07, 6.45) is 1.34. The van der Waals surface area contributed by atoms with E-state index in [9.17, 15) is 14.4 Å². The summed E-state index contributed by atoms with van der Waals surface area (Å²) in [5.41, 5.74) is 4.50. The number of methoxy groups -OCH3 is 1. The van der Waals surface area contributed by atoms with Gasteiger partial charge in [-0.1, -0.05) is 55.0 Å². The van der Waals surface area contributed by atoms with Crippen molar-refractivity contribution in [3.8, 4) is 11.1 Å². The summed E-state index contributed by atoms with van der Waals surface area (Å²) in [5, 5.41) is 14.0. The van der Waals surface area contributed by atoms with Crippen LogP contribution < -0.4 is 10.6 Å². The lowest BCUT2D eigenvalue weighted by Gasteiger charge is -2.19. The molecule has 8 nitrogen and oxygen atoms in total. The minimum absolute atomic E-state index is 0.00897. The average molecular weight is 455 g/mol. The van der Waals surface area contributed by atoms with Gasteiger partial charge in [0.15, 0.2) is 0 Å². The number of alkyl carbamates (subject to hydrolysis) is 1. The Kier molecular flexibility index (Phi) is 8.83. The van der Waals surface area contributed by atoms with E-state index in [1.807, 2.05) is 36.4 Å². The number of rotatable bonds is 12. The number of ether oxygens (including phenoxy) is 2. The second-order valence-electron chi connectivity index (χ2n) is 7.97. The fourth-order valence-electron chi connectivity index (χ4n) is 4.04. The highest BCUT2D eigenvalue weighted by Crippen LogP contribution is 2.44. The van der Waals surface area contributed by atoms with Crippen molar-refractivity contribution in [3.05, 3.63) is 59.7 Å². The Morgan fingerprint density at radius 3 is 2.21 bits per heavy atom. The molecule has 0 aliphatic heterocycles. The summed E-state index contributed by atoms with van der Waals surface area (Å²) < 4.78 is 10.6. The molecule has 176 valence electrons. The van der Waals surface area contributed by atoms with Gasteiger partial charge in [0.2, 0.25) is 5.91 Å². The van der Waals surface area contributed by atoms with E-state index in [0.29, 0.717) is 25.8 Å². The molecule has 3 rings (SSSR count). The third kappa shape index (κ3) is 6.55. The number of fused-ring (bicyclic) bond motifs is 3. The van der Waals surface area contributed by atoms with Crippen molar-refractivity contribution in [3.63, 3.8) is 0 Å². The second kappa shape index (κ2) is 12.0. The Morgan fingerprint density at radius 1 is 0.970 bits per heavy atom. The molecular weight excluding hydrogens is 424 g/mol. The Balaban J connectivity index is 1.50. The van der Waals surface area contributed by atoms with E-state index in [0.717, 1.165) is 22.3 Å². The molecule has 0 bridgehead atoms. The minimum Gasteiger partial charge on any atom is -0.481 e. The summed E-state index contributed by atoms with van der Waals surface area (Å²) in [7, 11) is 1.45. The molecule has 0 fully saturated rings. The molecular formula is C25H30N2O6. The Bertz CT molecular complexity index is 931. The average Bonchev–Trinajstić information content (AvgIpc) is 3.13. The van der Waals surface area contributed by atoms with Gasteiger partial charge in [0.25, 0.3) is 0 Å². The highest BCUT2D eigenvalue weighted by atomic mass is 16.5. The number of unbranched alkanes of at least 4 members (excludes halogenated alkanes) is 2. The number of aliphatic carboxylic acids is 1. The molecule has 8 heteroatoms. The first-order valence-electron chi connectivity index (χ1n) is 11.1. The molecule has 0 saturated carbocycles. The van der Waals surface area contributed by atoms with E-state index in [1.165, 1.54) is 7.11 Å². The van der Waals surface area contributed by atoms with E-state index >= 15 is 0 Å². The lowest BCUT2D eigenvalue weighted by molar-refractivity contribution is -0.137. The first kappa shape index (κ1) is 24.3. The number of carboxylic acid groups (broad SMARTS) is 1. The predicted molar refractivity (Wildman–Crippen MR) is 123 cm³/mol. The Labute approximate surface area is 193 Å². The number of carboxylic acids is 1. The summed E-state index contributed by atoms with van der Waals surface area (Å²) in [5.74, 6) is -1.27. The number of nitrogens with one attached hydrogen (secondary N) is 2. The molecule has 0 radical (unpaired) electrons. The van der Waals surface area contributed by atoms with Crippen molar-refractivity contribution >= 4 is 18.0 Å². The van der Waals surface area contributed by atoms with E-state index in [1.54, 1.807) is 0 Å². The van der Waals surface area contributed by atoms with Gasteiger partial charge in [-0.05, 0) is 35.1 Å². The summed E-state index contributed by atoms with van der Waals surface area (Å²) in [6, 6.07) is 15.3. The normalized spacial score (nSPS) is 13.0. The molecule has 1 aliphatic carbocycles. The van der Waals surface area contributed by atoms with E-state index < -0.39 is 18.1 Å². The van der Waals surface area contributed by atoms with Crippen molar-refractivity contribution < 1.29 is 29.0 Å². The first-order valence-corrected chi connectivity index (χ1v) is 11.1. The van der Waals surface area contributed by atoms with Crippen LogP contribution in [0.3, 0.4) is 0 Å². The van der Waals surface area contributed by atoms with Gasteiger partial charge < -0.3 is 25.2 Å². The first-order chi connectivity index (χ1) is 16.0. The van der Waals surface area contributed by atoms with Crippen LogP contribution in [0.4, 0.5) is 4.79 Å². The third-order valence-electron chi connectivity index (χ3n) is 5.65. The highest BCUT2D eigenvalue weighted by molar-refractivity contribution is 5.86. The second-order valence-corrected chi connectivity index (χ2v) is 7.97. The largest absolute Gasteiger partial charge is 0.481 e. The fourth-order valence-corrected chi connectivity index (χ4v) is 4.04. The SMILES string of the molecule is COC[C@H](NC(=O)OCC1c2ccccc2-c2ccccc21)C(=O)NCCCCCC(=O)O. The monoisotopic (exact) mass is 454 g/mol. The lowest BCUT2D eigenvalue weighted by atomic mass is 9.98. The van der Waals surface area contributed by atoms with E-state index in [4.69, 9.17) is 14.6 Å². The van der Waals surface area contributed by atoms with E-state index in [-0.39, 0.29) is 31.5 Å². The molecule has 0 aromatic heterocycles. The van der Waals surface area contributed by atoms with Crippen LogP contribution >= 0.6 is 0 Å². The Hall–Kier alpha value is -3.39. The van der Waals surface area contributed by atoms with Gasteiger partial charge in [0, 0.05) is 26.0 Å². The maximum absolute atomic E-state index is 12.5. The third-order valence-corrected chi connectivity index (χ3v) is 5.65. The molecule has 2 amide bonds. The lowest BCUT2D eigenvalue weighted by Crippen LogP contribution is -2.49. The molecule has 0 heterocycles. The quantitative estimate of drug-likeness (QED) is 0.424. The zero-order valence-corrected chi connectivity index (χ0v) is 18.7. The number of carbonyl (C=O) groups excluding carboxylic acids is 2. The molecule has 33 heavy (non-hydrogen) atoms. The van der Waals surface area contributed by atoms with Crippen molar-refractivity contribution in [2.75, 3.05) is 26.9 Å². The topological polar surface area (TPSA) is 114 Å². The van der Waals surface area contributed by atoms with Crippen molar-refractivity contribution in [1.82, 2.24) is 10.6 Å². The van der Waals surface area contributed by atoms with Crippen molar-refractivity contribution in [2.24, 2.45) is 0 Å². The fraction of sp³-hybridized carbons (Fsp3) is 0.400. The van der Waals surface area contributed by atoms with Gasteiger partial charge in [-0.25, -0.2) is 4.79 Å². The van der Waals surface area contributed by atoms with Crippen molar-refractivity contribution in [2.45, 2.75) is 37.6 Å². The highest BCUT2D eigenvalue weighted by Gasteiger charge is 2.29. The Morgan fingerprint density at radius 2 is 1.61 bits per heavy atom. The van der Waals surface area contributed by atoms with Crippen LogP contribution in [0, 0.1) is 0 Å². The van der Waals surface area contributed by atoms with Gasteiger partial charge in [-0.15, -0.1) is 0 Å². The van der Waals surface area contributed by atoms with Crippen molar-refractivity contribution in [1.29, 1.82) is 0 Å². The van der Waals surface area contributed by atoms with Gasteiger partial charge in [-0.3, -0.25) is 9.59 Å². The molecule has 0 saturated heterocycles. The zero-order chi connectivity index (χ0) is 23.6. The van der Waals surface area contributed by atoms with Crippen LogP contribution in [0.2, 0.25) is 0 Å². The molecule has 0 unspecified atom stereocenters. The summed E-state index contributed by atoms with van der Waals surface area (Å²) >= 11 is 0. The maximum Gasteiger partial charge on any atom is 0.407 e. The molecule has 2 aromatic carbocycles. The van der Waals surface area contributed by atoms with Gasteiger partial charge in [0.1, 0.15) is 12.6 Å². The van der Waals surface area contributed by atoms with Crippen LogP contribution in [0.1, 0.15) is 42.7 Å². The molecule has 3 N–H and O–H groups in total. The number of benzene rings is 2. The number of hydrogen-bond acceptors (Lipinski definition) is 5.